The number of carbonyl (C=O) groups is 1. The van der Waals surface area contributed by atoms with Crippen LogP contribution in [-0.4, -0.2) is 31.9 Å². The highest BCUT2D eigenvalue weighted by atomic mass is 16.2. The summed E-state index contributed by atoms with van der Waals surface area (Å²) in [5, 5.41) is 14.0. The molecule has 1 aromatic carbocycles. The van der Waals surface area contributed by atoms with Gasteiger partial charge in [0.2, 0.25) is 0 Å². The van der Waals surface area contributed by atoms with E-state index in [4.69, 9.17) is 0 Å². The Morgan fingerprint density at radius 1 is 1.29 bits per heavy atom. The van der Waals surface area contributed by atoms with E-state index in [2.05, 4.69) is 32.1 Å². The zero-order chi connectivity index (χ0) is 19.2. The van der Waals surface area contributed by atoms with Crippen LogP contribution < -0.4 is 16.0 Å². The van der Waals surface area contributed by atoms with Crippen LogP contribution >= 0.6 is 0 Å². The Balaban J connectivity index is 1.37. The predicted octanol–water partition coefficient (Wildman–Crippen LogP) is 1.81. The summed E-state index contributed by atoms with van der Waals surface area (Å²) in [5.74, 6) is 0. The van der Waals surface area contributed by atoms with Crippen LogP contribution in [0.3, 0.4) is 0 Å². The van der Waals surface area contributed by atoms with Crippen molar-refractivity contribution in [3.8, 4) is 0 Å². The molecule has 1 aliphatic rings. The normalized spacial score (nSPS) is 14.7. The van der Waals surface area contributed by atoms with Crippen LogP contribution in [0.15, 0.2) is 55.1 Å². The molecule has 2 amide bonds. The largest absolute Gasteiger partial charge is 0.335 e. The molecule has 1 aliphatic heterocycles. The standard InChI is InChI=1S/C20H25N7O/c28-20(23-12-17-11-18-13-21-7-4-9-27(18)25-17)24-19(14-26-10-8-22-15-26)16-5-2-1-3-6-16/h1-3,5-6,8,10-11,15,19,21H,4,7,9,12-14H2,(H2,23,24,28)/t19-/m1/s1. The van der Waals surface area contributed by atoms with Crippen molar-refractivity contribution in [2.75, 3.05) is 6.54 Å². The monoisotopic (exact) mass is 379 g/mol. The maximum Gasteiger partial charge on any atom is 0.315 e. The summed E-state index contributed by atoms with van der Waals surface area (Å²) in [6.45, 7) is 3.76. The van der Waals surface area contributed by atoms with Gasteiger partial charge in [0.15, 0.2) is 0 Å². The van der Waals surface area contributed by atoms with Gasteiger partial charge in [-0.25, -0.2) is 9.78 Å². The van der Waals surface area contributed by atoms with Crippen molar-refractivity contribution in [2.45, 2.75) is 38.6 Å². The van der Waals surface area contributed by atoms with E-state index in [1.165, 1.54) is 0 Å². The second-order valence-electron chi connectivity index (χ2n) is 6.93. The van der Waals surface area contributed by atoms with Crippen molar-refractivity contribution < 1.29 is 4.79 Å². The zero-order valence-electron chi connectivity index (χ0n) is 15.7. The Kier molecular flexibility index (Phi) is 5.67. The van der Waals surface area contributed by atoms with Gasteiger partial charge in [0.25, 0.3) is 0 Å². The first-order chi connectivity index (χ1) is 13.8. The molecular formula is C20H25N7O. The van der Waals surface area contributed by atoms with E-state index in [0.717, 1.165) is 43.0 Å². The van der Waals surface area contributed by atoms with Crippen molar-refractivity contribution in [2.24, 2.45) is 0 Å². The molecule has 28 heavy (non-hydrogen) atoms. The molecule has 4 rings (SSSR count). The summed E-state index contributed by atoms with van der Waals surface area (Å²) < 4.78 is 3.98. The number of hydrogen-bond acceptors (Lipinski definition) is 4. The van der Waals surface area contributed by atoms with Gasteiger partial charge in [-0.3, -0.25) is 4.68 Å². The summed E-state index contributed by atoms with van der Waals surface area (Å²) in [6.07, 6.45) is 6.44. The Bertz CT molecular complexity index is 865. The predicted molar refractivity (Wildman–Crippen MR) is 105 cm³/mol. The molecule has 146 valence electrons. The number of benzene rings is 1. The lowest BCUT2D eigenvalue weighted by Gasteiger charge is -2.20. The van der Waals surface area contributed by atoms with E-state index in [-0.39, 0.29) is 12.1 Å². The molecule has 3 aromatic rings. The number of hydrogen-bond donors (Lipinski definition) is 3. The Hall–Kier alpha value is -3.13. The maximum atomic E-state index is 12.5. The van der Waals surface area contributed by atoms with E-state index < -0.39 is 0 Å². The van der Waals surface area contributed by atoms with E-state index in [9.17, 15) is 4.79 Å². The van der Waals surface area contributed by atoms with Gasteiger partial charge in [-0.05, 0) is 24.6 Å². The van der Waals surface area contributed by atoms with Gasteiger partial charge >= 0.3 is 6.03 Å². The molecule has 2 aromatic heterocycles. The third kappa shape index (κ3) is 4.58. The molecule has 0 unspecified atom stereocenters. The number of aromatic nitrogens is 4. The minimum absolute atomic E-state index is 0.154. The molecular weight excluding hydrogens is 354 g/mol. The zero-order valence-corrected chi connectivity index (χ0v) is 15.7. The number of amides is 2. The van der Waals surface area contributed by atoms with Crippen LogP contribution in [0.1, 0.15) is 29.4 Å². The minimum atomic E-state index is -0.213. The summed E-state index contributed by atoms with van der Waals surface area (Å²) in [7, 11) is 0. The van der Waals surface area contributed by atoms with Crippen LogP contribution in [0, 0.1) is 0 Å². The van der Waals surface area contributed by atoms with Crippen LogP contribution in [0.2, 0.25) is 0 Å². The number of rotatable bonds is 6. The van der Waals surface area contributed by atoms with E-state index >= 15 is 0 Å². The van der Waals surface area contributed by atoms with Gasteiger partial charge in [-0.15, -0.1) is 0 Å². The molecule has 0 bridgehead atoms. The molecule has 8 heteroatoms. The first-order valence-corrected chi connectivity index (χ1v) is 9.59. The Morgan fingerprint density at radius 2 is 2.18 bits per heavy atom. The van der Waals surface area contributed by atoms with Gasteiger partial charge < -0.3 is 20.5 Å². The third-order valence-electron chi connectivity index (χ3n) is 4.83. The highest BCUT2D eigenvalue weighted by molar-refractivity contribution is 5.74. The number of imidazole rings is 1. The van der Waals surface area contributed by atoms with Gasteiger partial charge in [0, 0.05) is 32.0 Å². The van der Waals surface area contributed by atoms with Gasteiger partial charge in [0.05, 0.1) is 30.3 Å². The van der Waals surface area contributed by atoms with Crippen LogP contribution in [0.4, 0.5) is 4.79 Å². The molecule has 0 fully saturated rings. The van der Waals surface area contributed by atoms with E-state index in [0.29, 0.717) is 13.1 Å². The summed E-state index contributed by atoms with van der Waals surface area (Å²) >= 11 is 0. The van der Waals surface area contributed by atoms with Gasteiger partial charge in [-0.2, -0.15) is 5.10 Å². The fourth-order valence-electron chi connectivity index (χ4n) is 3.41. The Morgan fingerprint density at radius 3 is 3.00 bits per heavy atom. The fraction of sp³-hybridized carbons (Fsp3) is 0.350. The van der Waals surface area contributed by atoms with Gasteiger partial charge in [-0.1, -0.05) is 30.3 Å². The highest BCUT2D eigenvalue weighted by Crippen LogP contribution is 2.15. The lowest BCUT2D eigenvalue weighted by atomic mass is 10.1. The smallest absolute Gasteiger partial charge is 0.315 e. The van der Waals surface area contributed by atoms with E-state index in [1.807, 2.05) is 45.8 Å². The second kappa shape index (κ2) is 8.71. The molecule has 3 heterocycles. The van der Waals surface area contributed by atoms with Crippen molar-refractivity contribution in [3.63, 3.8) is 0 Å². The topological polar surface area (TPSA) is 88.8 Å². The maximum absolute atomic E-state index is 12.5. The highest BCUT2D eigenvalue weighted by Gasteiger charge is 2.16. The SMILES string of the molecule is O=C(NCc1cc2n(n1)CCCNC2)N[C@H](Cn1ccnc1)c1ccccc1. The molecule has 0 aliphatic carbocycles. The van der Waals surface area contributed by atoms with E-state index in [1.54, 1.807) is 12.5 Å². The number of fused-ring (bicyclic) bond motifs is 1. The molecule has 0 spiro atoms. The summed E-state index contributed by atoms with van der Waals surface area (Å²) in [5.41, 5.74) is 3.09. The number of urea groups is 1. The quantitative estimate of drug-likeness (QED) is 0.609. The lowest BCUT2D eigenvalue weighted by Crippen LogP contribution is -2.39. The molecule has 8 nitrogen and oxygen atoms in total. The van der Waals surface area contributed by atoms with Crippen molar-refractivity contribution in [1.29, 1.82) is 0 Å². The average Bonchev–Trinajstić information content (AvgIpc) is 3.32. The van der Waals surface area contributed by atoms with Crippen molar-refractivity contribution >= 4 is 6.03 Å². The number of aryl methyl sites for hydroxylation is 1. The Labute approximate surface area is 164 Å². The fourth-order valence-corrected chi connectivity index (χ4v) is 3.41. The first kappa shape index (κ1) is 18.2. The molecule has 0 saturated carbocycles. The molecule has 0 radical (unpaired) electrons. The summed E-state index contributed by atoms with van der Waals surface area (Å²) in [6, 6.07) is 11.6. The second-order valence-corrected chi connectivity index (χ2v) is 6.93. The summed E-state index contributed by atoms with van der Waals surface area (Å²) in [4.78, 5) is 16.6. The molecule has 3 N–H and O–H groups in total. The third-order valence-corrected chi connectivity index (χ3v) is 4.83. The van der Waals surface area contributed by atoms with Crippen molar-refractivity contribution in [3.05, 3.63) is 72.1 Å². The average molecular weight is 379 g/mol. The van der Waals surface area contributed by atoms with Crippen LogP contribution in [-0.2, 0) is 26.2 Å². The molecule has 0 saturated heterocycles. The first-order valence-electron chi connectivity index (χ1n) is 9.59. The number of carbonyl (C=O) groups excluding carboxylic acids is 1. The van der Waals surface area contributed by atoms with Crippen molar-refractivity contribution in [1.82, 2.24) is 35.3 Å². The number of nitrogens with one attached hydrogen (secondary N) is 3. The van der Waals surface area contributed by atoms with Crippen LogP contribution in [0.25, 0.3) is 0 Å². The number of nitrogens with zero attached hydrogens (tertiary/aromatic N) is 4. The minimum Gasteiger partial charge on any atom is -0.335 e. The lowest BCUT2D eigenvalue weighted by molar-refractivity contribution is 0.235. The van der Waals surface area contributed by atoms with Gasteiger partial charge in [0.1, 0.15) is 0 Å². The van der Waals surface area contributed by atoms with Crippen LogP contribution in [0.5, 0.6) is 0 Å². The molecule has 1 atom stereocenters.